The predicted molar refractivity (Wildman–Crippen MR) is 55.6 cm³/mol. The van der Waals surface area contributed by atoms with E-state index in [1.165, 1.54) is 7.11 Å². The molecule has 1 aliphatic heterocycles. The summed E-state index contributed by atoms with van der Waals surface area (Å²) in [5.41, 5.74) is 0. The van der Waals surface area contributed by atoms with Crippen molar-refractivity contribution in [1.29, 1.82) is 0 Å². The average Bonchev–Trinajstić information content (AvgIpc) is 2.26. The lowest BCUT2D eigenvalue weighted by Gasteiger charge is -2.40. The molecular weight excluding hydrogens is 232 g/mol. The first-order valence-electron chi connectivity index (χ1n) is 5.31. The number of carboxylic acid groups (broad SMARTS) is 1. The molecule has 2 unspecified atom stereocenters. The molecule has 17 heavy (non-hydrogen) atoms. The molecule has 5 atom stereocenters. The minimum atomic E-state index is -1.08. The van der Waals surface area contributed by atoms with Crippen LogP contribution in [0.1, 0.15) is 6.92 Å². The van der Waals surface area contributed by atoms with Gasteiger partial charge in [-0.15, -0.1) is 0 Å². The first-order chi connectivity index (χ1) is 7.97. The Labute approximate surface area is 98.9 Å². The topological polar surface area (TPSA) is 105 Å². The molecule has 0 amide bonds. The highest BCUT2D eigenvalue weighted by Crippen LogP contribution is 2.23. The Morgan fingerprint density at radius 3 is 2.53 bits per heavy atom. The lowest BCUT2D eigenvalue weighted by Crippen LogP contribution is -2.58. The van der Waals surface area contributed by atoms with Crippen molar-refractivity contribution < 1.29 is 34.3 Å². The lowest BCUT2D eigenvalue weighted by molar-refractivity contribution is -0.234. The fourth-order valence-electron chi connectivity index (χ4n) is 1.81. The van der Waals surface area contributed by atoms with Crippen LogP contribution >= 0.6 is 0 Å². The van der Waals surface area contributed by atoms with Gasteiger partial charge < -0.3 is 29.5 Å². The Balaban J connectivity index is 2.53. The average molecular weight is 250 g/mol. The van der Waals surface area contributed by atoms with E-state index in [2.05, 4.69) is 0 Å². The second-order valence-electron chi connectivity index (χ2n) is 3.97. The van der Waals surface area contributed by atoms with Crippen LogP contribution in [0.4, 0.5) is 0 Å². The van der Waals surface area contributed by atoms with Gasteiger partial charge in [0, 0.05) is 7.11 Å². The van der Waals surface area contributed by atoms with Crippen molar-refractivity contribution in [3.05, 3.63) is 0 Å². The Hall–Kier alpha value is -0.730. The van der Waals surface area contributed by atoms with Gasteiger partial charge in [-0.25, -0.2) is 4.79 Å². The molecule has 0 aromatic rings. The van der Waals surface area contributed by atoms with E-state index in [0.717, 1.165) is 0 Å². The number of aliphatic hydroxyl groups excluding tert-OH is 2. The highest BCUT2D eigenvalue weighted by Gasteiger charge is 2.42. The fourth-order valence-corrected chi connectivity index (χ4v) is 1.81. The van der Waals surface area contributed by atoms with E-state index < -0.39 is 43.1 Å². The van der Waals surface area contributed by atoms with Crippen LogP contribution in [0.25, 0.3) is 0 Å². The van der Waals surface area contributed by atoms with Gasteiger partial charge in [0.1, 0.15) is 31.0 Å². The minimum Gasteiger partial charge on any atom is -0.480 e. The van der Waals surface area contributed by atoms with E-state index in [1.807, 2.05) is 0 Å². The Bertz CT molecular complexity index is 257. The van der Waals surface area contributed by atoms with Crippen LogP contribution in [0, 0.1) is 0 Å². The molecule has 1 saturated heterocycles. The number of carbonyl (C=O) groups is 1. The van der Waals surface area contributed by atoms with Gasteiger partial charge >= 0.3 is 5.97 Å². The Kier molecular flexibility index (Phi) is 5.29. The van der Waals surface area contributed by atoms with E-state index in [9.17, 15) is 15.0 Å². The van der Waals surface area contributed by atoms with Crippen LogP contribution in [0.15, 0.2) is 0 Å². The number of ether oxygens (including phenoxy) is 3. The summed E-state index contributed by atoms with van der Waals surface area (Å²) in [6.07, 6.45) is -4.02. The highest BCUT2D eigenvalue weighted by molar-refractivity contribution is 5.67. The summed E-state index contributed by atoms with van der Waals surface area (Å²) in [7, 11) is 1.38. The first kappa shape index (κ1) is 14.3. The predicted octanol–water partition coefficient (Wildman–Crippen LogP) is -1.39. The molecule has 3 N–H and O–H groups in total. The van der Waals surface area contributed by atoms with Gasteiger partial charge in [0.15, 0.2) is 0 Å². The summed E-state index contributed by atoms with van der Waals surface area (Å²) in [4.78, 5) is 10.3. The SMILES string of the molecule is CO[C@@H]1C(COCC(=O)O)O[C@H](C)C(O)[C@@H]1O. The van der Waals surface area contributed by atoms with Gasteiger partial charge in [0.05, 0.1) is 12.7 Å². The largest absolute Gasteiger partial charge is 0.480 e. The van der Waals surface area contributed by atoms with Crippen LogP contribution < -0.4 is 0 Å². The van der Waals surface area contributed by atoms with Crippen molar-refractivity contribution in [2.24, 2.45) is 0 Å². The van der Waals surface area contributed by atoms with Gasteiger partial charge in [-0.05, 0) is 6.92 Å². The number of aliphatic hydroxyl groups is 2. The number of aliphatic carboxylic acids is 1. The zero-order valence-corrected chi connectivity index (χ0v) is 9.78. The van der Waals surface area contributed by atoms with Gasteiger partial charge in [-0.3, -0.25) is 0 Å². The number of hydrogen-bond donors (Lipinski definition) is 3. The summed E-state index contributed by atoms with van der Waals surface area (Å²) in [6, 6.07) is 0. The molecule has 0 bridgehead atoms. The molecule has 1 aliphatic rings. The molecule has 7 nitrogen and oxygen atoms in total. The van der Waals surface area contributed by atoms with Crippen LogP contribution in [0.2, 0.25) is 0 Å². The lowest BCUT2D eigenvalue weighted by atomic mass is 9.96. The maximum absolute atomic E-state index is 10.3. The number of hydrogen-bond acceptors (Lipinski definition) is 6. The van der Waals surface area contributed by atoms with Crippen molar-refractivity contribution >= 4 is 5.97 Å². The molecule has 0 aliphatic carbocycles. The summed E-state index contributed by atoms with van der Waals surface area (Å²) in [6.45, 7) is 1.16. The Morgan fingerprint density at radius 1 is 1.35 bits per heavy atom. The molecule has 0 aromatic heterocycles. The molecule has 0 spiro atoms. The van der Waals surface area contributed by atoms with Crippen LogP contribution in [-0.4, -0.2) is 72.1 Å². The van der Waals surface area contributed by atoms with Gasteiger partial charge in [0.2, 0.25) is 0 Å². The van der Waals surface area contributed by atoms with Gasteiger partial charge in [-0.1, -0.05) is 0 Å². The Morgan fingerprint density at radius 2 is 2.00 bits per heavy atom. The van der Waals surface area contributed by atoms with E-state index >= 15 is 0 Å². The quantitative estimate of drug-likeness (QED) is 0.551. The van der Waals surface area contributed by atoms with Crippen LogP contribution in [0.5, 0.6) is 0 Å². The van der Waals surface area contributed by atoms with Crippen LogP contribution in [-0.2, 0) is 19.0 Å². The molecule has 100 valence electrons. The second kappa shape index (κ2) is 6.27. The molecule has 1 rings (SSSR count). The number of methoxy groups -OCH3 is 1. The smallest absolute Gasteiger partial charge is 0.329 e. The van der Waals surface area contributed by atoms with Gasteiger partial charge in [-0.2, -0.15) is 0 Å². The molecule has 1 heterocycles. The molecule has 7 heteroatoms. The maximum Gasteiger partial charge on any atom is 0.329 e. The van der Waals surface area contributed by atoms with E-state index in [0.29, 0.717) is 0 Å². The third kappa shape index (κ3) is 3.62. The maximum atomic E-state index is 10.3. The van der Waals surface area contributed by atoms with E-state index in [4.69, 9.17) is 19.3 Å². The van der Waals surface area contributed by atoms with E-state index in [-0.39, 0.29) is 6.61 Å². The van der Waals surface area contributed by atoms with E-state index in [1.54, 1.807) is 6.92 Å². The van der Waals surface area contributed by atoms with Crippen molar-refractivity contribution in [2.45, 2.75) is 37.4 Å². The number of rotatable bonds is 5. The first-order valence-corrected chi connectivity index (χ1v) is 5.31. The van der Waals surface area contributed by atoms with Crippen molar-refractivity contribution in [1.82, 2.24) is 0 Å². The normalized spacial score (nSPS) is 38.0. The zero-order chi connectivity index (χ0) is 13.0. The summed E-state index contributed by atoms with van der Waals surface area (Å²) in [5.74, 6) is -1.08. The molecule has 1 fully saturated rings. The fraction of sp³-hybridized carbons (Fsp3) is 0.900. The van der Waals surface area contributed by atoms with Crippen molar-refractivity contribution in [2.75, 3.05) is 20.3 Å². The third-order valence-electron chi connectivity index (χ3n) is 2.70. The molecule has 0 saturated carbocycles. The molecule has 0 aromatic carbocycles. The summed E-state index contributed by atoms with van der Waals surface area (Å²) >= 11 is 0. The van der Waals surface area contributed by atoms with Crippen molar-refractivity contribution in [3.8, 4) is 0 Å². The van der Waals surface area contributed by atoms with Gasteiger partial charge in [0.25, 0.3) is 0 Å². The van der Waals surface area contributed by atoms with Crippen LogP contribution in [0.3, 0.4) is 0 Å². The second-order valence-corrected chi connectivity index (χ2v) is 3.97. The highest BCUT2D eigenvalue weighted by atomic mass is 16.6. The standard InChI is InChI=1S/C10H18O7/c1-5-8(13)9(14)10(15-2)6(17-5)3-16-4-7(11)12/h5-6,8-10,13-14H,3-4H2,1-2H3,(H,11,12)/t5-,6?,8?,9+,10-/m1/s1. The number of carboxylic acids is 1. The molecular formula is C10H18O7. The zero-order valence-electron chi connectivity index (χ0n) is 9.78. The summed E-state index contributed by atoms with van der Waals surface area (Å²) in [5, 5.41) is 27.8. The van der Waals surface area contributed by atoms with Crippen molar-refractivity contribution in [3.63, 3.8) is 0 Å². The monoisotopic (exact) mass is 250 g/mol. The summed E-state index contributed by atoms with van der Waals surface area (Å²) < 4.78 is 15.3. The molecule has 0 radical (unpaired) electrons. The third-order valence-corrected chi connectivity index (χ3v) is 2.70. The minimum absolute atomic E-state index is 0.0150.